The number of aliphatic hydroxyl groups excluding tert-OH is 1. The van der Waals surface area contributed by atoms with E-state index < -0.39 is 0 Å². The van der Waals surface area contributed by atoms with Crippen molar-refractivity contribution in [1.29, 1.82) is 0 Å². The molecule has 0 bridgehead atoms. The molecule has 2 saturated heterocycles. The van der Waals surface area contributed by atoms with E-state index in [-0.39, 0.29) is 12.4 Å². The fourth-order valence-corrected chi connectivity index (χ4v) is 3.45. The highest BCUT2D eigenvalue weighted by atomic mass is 19.1. The van der Waals surface area contributed by atoms with Crippen LogP contribution in [0.2, 0.25) is 0 Å². The van der Waals surface area contributed by atoms with Crippen LogP contribution in [0.15, 0.2) is 18.2 Å². The van der Waals surface area contributed by atoms with Crippen LogP contribution in [0.3, 0.4) is 0 Å². The van der Waals surface area contributed by atoms with Crippen LogP contribution in [-0.2, 0) is 6.61 Å². The van der Waals surface area contributed by atoms with Crippen LogP contribution in [0.1, 0.15) is 24.8 Å². The highest BCUT2D eigenvalue weighted by Gasteiger charge is 2.30. The van der Waals surface area contributed by atoms with Crippen molar-refractivity contribution in [2.75, 3.05) is 31.1 Å². The minimum absolute atomic E-state index is 0.0992. The van der Waals surface area contributed by atoms with Crippen molar-refractivity contribution >= 4 is 5.69 Å². The van der Waals surface area contributed by atoms with Crippen LogP contribution in [0, 0.1) is 5.82 Å². The summed E-state index contributed by atoms with van der Waals surface area (Å²) in [6, 6.07) is 5.53. The van der Waals surface area contributed by atoms with Crippen LogP contribution < -0.4 is 4.90 Å². The second-order valence-electron chi connectivity index (χ2n) is 5.54. The highest BCUT2D eigenvalue weighted by Crippen LogP contribution is 2.29. The van der Waals surface area contributed by atoms with Gasteiger partial charge in [-0.1, -0.05) is 12.1 Å². The van der Waals surface area contributed by atoms with E-state index in [2.05, 4.69) is 9.80 Å². The molecule has 0 aromatic heterocycles. The molecule has 2 heterocycles. The van der Waals surface area contributed by atoms with Gasteiger partial charge < -0.3 is 10.0 Å². The molecule has 19 heavy (non-hydrogen) atoms. The Bertz CT molecular complexity index is 452. The summed E-state index contributed by atoms with van der Waals surface area (Å²) in [5.41, 5.74) is 1.31. The Hall–Kier alpha value is -1.13. The summed E-state index contributed by atoms with van der Waals surface area (Å²) in [5, 5.41) is 9.43. The summed E-state index contributed by atoms with van der Waals surface area (Å²) in [7, 11) is 0. The molecule has 0 amide bonds. The molecule has 3 nitrogen and oxygen atoms in total. The normalized spacial score (nSPS) is 24.3. The number of benzene rings is 1. The van der Waals surface area contributed by atoms with E-state index in [1.165, 1.54) is 25.5 Å². The van der Waals surface area contributed by atoms with Gasteiger partial charge in [0.15, 0.2) is 0 Å². The Kier molecular flexibility index (Phi) is 3.71. The fraction of sp³-hybridized carbons (Fsp3) is 0.600. The first-order valence-corrected chi connectivity index (χ1v) is 7.17. The molecule has 104 valence electrons. The summed E-state index contributed by atoms with van der Waals surface area (Å²) in [5.74, 6) is -0.210. The van der Waals surface area contributed by atoms with Gasteiger partial charge in [-0.25, -0.2) is 4.39 Å². The van der Waals surface area contributed by atoms with E-state index in [1.54, 1.807) is 6.07 Å². The molecule has 0 spiro atoms. The standard InChI is InChI=1S/C15H21FN2O/c16-14-6-1-4-12(11-19)15(14)18-9-3-8-17-7-2-5-13(17)10-18/h1,4,6,13,19H,2-3,5,7-11H2. The van der Waals surface area contributed by atoms with Gasteiger partial charge in [0.1, 0.15) is 5.82 Å². The van der Waals surface area contributed by atoms with Crippen LogP contribution in [0.5, 0.6) is 0 Å². The van der Waals surface area contributed by atoms with Crippen molar-refractivity contribution in [1.82, 2.24) is 4.90 Å². The van der Waals surface area contributed by atoms with Crippen LogP contribution in [-0.4, -0.2) is 42.2 Å². The number of hydrogen-bond acceptors (Lipinski definition) is 3. The van der Waals surface area contributed by atoms with Gasteiger partial charge in [0.25, 0.3) is 0 Å². The first-order valence-electron chi connectivity index (χ1n) is 7.17. The summed E-state index contributed by atoms with van der Waals surface area (Å²) < 4.78 is 14.1. The summed E-state index contributed by atoms with van der Waals surface area (Å²) in [6.07, 6.45) is 3.53. The number of rotatable bonds is 2. The number of para-hydroxylation sites is 1. The van der Waals surface area contributed by atoms with E-state index in [0.717, 1.165) is 26.1 Å². The lowest BCUT2D eigenvalue weighted by atomic mass is 10.1. The summed E-state index contributed by atoms with van der Waals surface area (Å²) in [4.78, 5) is 4.66. The van der Waals surface area contributed by atoms with E-state index in [1.807, 2.05) is 6.07 Å². The molecule has 0 saturated carbocycles. The van der Waals surface area contributed by atoms with Crippen molar-refractivity contribution in [3.05, 3.63) is 29.6 Å². The minimum atomic E-state index is -0.210. The van der Waals surface area contributed by atoms with Crippen LogP contribution >= 0.6 is 0 Å². The zero-order chi connectivity index (χ0) is 13.2. The molecule has 2 aliphatic rings. The lowest BCUT2D eigenvalue weighted by Crippen LogP contribution is -2.37. The summed E-state index contributed by atoms with van der Waals surface area (Å²) in [6.45, 7) is 3.96. The van der Waals surface area contributed by atoms with E-state index >= 15 is 0 Å². The third-order valence-electron chi connectivity index (χ3n) is 4.36. The molecule has 1 aromatic carbocycles. The molecule has 1 atom stereocenters. The number of halogens is 1. The van der Waals surface area contributed by atoms with Gasteiger partial charge in [-0.2, -0.15) is 0 Å². The zero-order valence-corrected chi connectivity index (χ0v) is 11.2. The third-order valence-corrected chi connectivity index (χ3v) is 4.36. The van der Waals surface area contributed by atoms with Gasteiger partial charge in [-0.15, -0.1) is 0 Å². The molecule has 1 aromatic rings. The second kappa shape index (κ2) is 5.47. The fourth-order valence-electron chi connectivity index (χ4n) is 3.45. The largest absolute Gasteiger partial charge is 0.392 e. The number of aliphatic hydroxyl groups is 1. The highest BCUT2D eigenvalue weighted by molar-refractivity contribution is 5.55. The van der Waals surface area contributed by atoms with E-state index in [0.29, 0.717) is 17.3 Å². The molecule has 2 aliphatic heterocycles. The van der Waals surface area contributed by atoms with Gasteiger partial charge in [0, 0.05) is 31.2 Å². The molecule has 1 N–H and O–H groups in total. The van der Waals surface area contributed by atoms with Crippen molar-refractivity contribution in [3.63, 3.8) is 0 Å². The third kappa shape index (κ3) is 2.47. The maximum atomic E-state index is 14.1. The van der Waals surface area contributed by atoms with Gasteiger partial charge in [0.2, 0.25) is 0 Å². The number of fused-ring (bicyclic) bond motifs is 1. The van der Waals surface area contributed by atoms with E-state index in [4.69, 9.17) is 0 Å². The SMILES string of the molecule is OCc1cccc(F)c1N1CCCN2CCCC2C1. The molecule has 4 heteroatoms. The monoisotopic (exact) mass is 264 g/mol. The van der Waals surface area contributed by atoms with Crippen molar-refractivity contribution in [2.24, 2.45) is 0 Å². The molecule has 3 rings (SSSR count). The first-order chi connectivity index (χ1) is 9.29. The summed E-state index contributed by atoms with van der Waals surface area (Å²) >= 11 is 0. The van der Waals surface area contributed by atoms with Crippen molar-refractivity contribution in [2.45, 2.75) is 31.9 Å². The molecular formula is C15H21FN2O. The van der Waals surface area contributed by atoms with Gasteiger partial charge >= 0.3 is 0 Å². The Morgan fingerprint density at radius 2 is 2.05 bits per heavy atom. The molecule has 0 aliphatic carbocycles. The average molecular weight is 264 g/mol. The van der Waals surface area contributed by atoms with E-state index in [9.17, 15) is 9.50 Å². The minimum Gasteiger partial charge on any atom is -0.392 e. The quantitative estimate of drug-likeness (QED) is 0.885. The smallest absolute Gasteiger partial charge is 0.146 e. The number of hydrogen-bond donors (Lipinski definition) is 1. The maximum Gasteiger partial charge on any atom is 0.146 e. The predicted octanol–water partition coefficient (Wildman–Crippen LogP) is 1.99. The molecular weight excluding hydrogens is 243 g/mol. The first kappa shape index (κ1) is 12.9. The average Bonchev–Trinajstić information content (AvgIpc) is 2.76. The van der Waals surface area contributed by atoms with Gasteiger partial charge in [-0.05, 0) is 31.9 Å². The molecule has 0 radical (unpaired) electrons. The Morgan fingerprint density at radius 3 is 2.89 bits per heavy atom. The number of anilines is 1. The second-order valence-corrected chi connectivity index (χ2v) is 5.54. The zero-order valence-electron chi connectivity index (χ0n) is 11.2. The van der Waals surface area contributed by atoms with Crippen LogP contribution in [0.25, 0.3) is 0 Å². The maximum absolute atomic E-state index is 14.1. The number of nitrogens with zero attached hydrogens (tertiary/aromatic N) is 2. The molecule has 2 fully saturated rings. The van der Waals surface area contributed by atoms with Crippen molar-refractivity contribution < 1.29 is 9.50 Å². The Morgan fingerprint density at radius 1 is 1.21 bits per heavy atom. The van der Waals surface area contributed by atoms with Crippen molar-refractivity contribution in [3.8, 4) is 0 Å². The Labute approximate surface area is 113 Å². The lowest BCUT2D eigenvalue weighted by molar-refractivity contribution is 0.272. The van der Waals surface area contributed by atoms with Gasteiger partial charge in [-0.3, -0.25) is 4.90 Å². The lowest BCUT2D eigenvalue weighted by Gasteiger charge is -2.29. The van der Waals surface area contributed by atoms with Crippen LogP contribution in [0.4, 0.5) is 10.1 Å². The Balaban J connectivity index is 1.88. The predicted molar refractivity (Wildman–Crippen MR) is 73.7 cm³/mol. The molecule has 1 unspecified atom stereocenters. The topological polar surface area (TPSA) is 26.7 Å². The van der Waals surface area contributed by atoms with Gasteiger partial charge in [0.05, 0.1) is 12.3 Å².